The van der Waals surface area contributed by atoms with Crippen LogP contribution in [0.5, 0.6) is 0 Å². The average molecular weight is 364 g/mol. The van der Waals surface area contributed by atoms with Crippen LogP contribution in [-0.4, -0.2) is 41.6 Å². The fourth-order valence-corrected chi connectivity index (χ4v) is 3.56. The van der Waals surface area contributed by atoms with Crippen LogP contribution in [0.2, 0.25) is 0 Å². The fourth-order valence-electron chi connectivity index (χ4n) is 2.47. The minimum Gasteiger partial charge on any atom is -0.332 e. The van der Waals surface area contributed by atoms with Crippen LogP contribution in [0, 0.1) is 0 Å². The molecule has 0 aliphatic carbocycles. The van der Waals surface area contributed by atoms with Gasteiger partial charge in [-0.25, -0.2) is 13.1 Å². The standard InChI is InChI=1S/C17H24N4O3S/c1-5-19-25(23,24)16-8-6-7-15(9-16)17(22)21(13(2)3)12-14-10-18-20(4)11-14/h6-11,13,19H,5,12H2,1-4H3. The number of nitrogens with zero attached hydrogens (tertiary/aromatic N) is 3. The van der Waals surface area contributed by atoms with E-state index < -0.39 is 10.0 Å². The monoisotopic (exact) mass is 364 g/mol. The highest BCUT2D eigenvalue weighted by Gasteiger charge is 2.22. The Bertz CT molecular complexity index is 843. The summed E-state index contributed by atoms with van der Waals surface area (Å²) >= 11 is 0. The smallest absolute Gasteiger partial charge is 0.254 e. The first-order chi connectivity index (χ1) is 11.7. The number of amides is 1. The maximum Gasteiger partial charge on any atom is 0.254 e. The molecule has 0 spiro atoms. The van der Waals surface area contributed by atoms with Crippen molar-refractivity contribution in [3.63, 3.8) is 0 Å². The molecule has 0 saturated carbocycles. The van der Waals surface area contributed by atoms with Gasteiger partial charge in [0.2, 0.25) is 10.0 Å². The van der Waals surface area contributed by atoms with Gasteiger partial charge in [0, 0.05) is 43.5 Å². The van der Waals surface area contributed by atoms with E-state index in [1.165, 1.54) is 12.1 Å². The zero-order chi connectivity index (χ0) is 18.6. The number of aryl methyl sites for hydroxylation is 1. The molecule has 2 aromatic rings. The maximum absolute atomic E-state index is 12.9. The number of benzene rings is 1. The van der Waals surface area contributed by atoms with Crippen LogP contribution in [0.25, 0.3) is 0 Å². The van der Waals surface area contributed by atoms with Crippen molar-refractivity contribution in [2.75, 3.05) is 6.54 Å². The van der Waals surface area contributed by atoms with Gasteiger partial charge in [-0.3, -0.25) is 9.48 Å². The molecule has 1 amide bonds. The van der Waals surface area contributed by atoms with Gasteiger partial charge >= 0.3 is 0 Å². The highest BCUT2D eigenvalue weighted by Crippen LogP contribution is 2.16. The average Bonchev–Trinajstić information content (AvgIpc) is 2.97. The molecule has 1 aromatic carbocycles. The summed E-state index contributed by atoms with van der Waals surface area (Å²) in [6.45, 7) is 6.26. The molecule has 0 saturated heterocycles. The lowest BCUT2D eigenvalue weighted by Crippen LogP contribution is -2.36. The molecular formula is C17H24N4O3S. The highest BCUT2D eigenvalue weighted by molar-refractivity contribution is 7.89. The van der Waals surface area contributed by atoms with Gasteiger partial charge in [-0.15, -0.1) is 0 Å². The number of aromatic nitrogens is 2. The first-order valence-electron chi connectivity index (χ1n) is 8.12. The summed E-state index contributed by atoms with van der Waals surface area (Å²) in [5, 5.41) is 4.12. The summed E-state index contributed by atoms with van der Waals surface area (Å²) in [6.07, 6.45) is 3.57. The summed E-state index contributed by atoms with van der Waals surface area (Å²) < 4.78 is 28.4. The predicted molar refractivity (Wildman–Crippen MR) is 95.5 cm³/mol. The lowest BCUT2D eigenvalue weighted by Gasteiger charge is -2.26. The predicted octanol–water partition coefficient (Wildman–Crippen LogP) is 1.77. The van der Waals surface area contributed by atoms with Gasteiger partial charge in [0.15, 0.2) is 0 Å². The third kappa shape index (κ3) is 4.67. The summed E-state index contributed by atoms with van der Waals surface area (Å²) in [7, 11) is -1.78. The molecule has 25 heavy (non-hydrogen) atoms. The Labute approximate surface area is 148 Å². The van der Waals surface area contributed by atoms with Crippen molar-refractivity contribution >= 4 is 15.9 Å². The Hall–Kier alpha value is -2.19. The van der Waals surface area contributed by atoms with Gasteiger partial charge < -0.3 is 4.90 Å². The normalized spacial score (nSPS) is 11.7. The number of nitrogens with one attached hydrogen (secondary N) is 1. The van der Waals surface area contributed by atoms with Crippen molar-refractivity contribution in [3.8, 4) is 0 Å². The maximum atomic E-state index is 12.9. The number of hydrogen-bond acceptors (Lipinski definition) is 4. The van der Waals surface area contributed by atoms with Gasteiger partial charge in [0.05, 0.1) is 11.1 Å². The Morgan fingerprint density at radius 1 is 1.36 bits per heavy atom. The second-order valence-electron chi connectivity index (χ2n) is 6.08. The fraction of sp³-hybridized carbons (Fsp3) is 0.412. The zero-order valence-corrected chi connectivity index (χ0v) is 15.7. The van der Waals surface area contributed by atoms with Crippen LogP contribution in [0.4, 0.5) is 0 Å². The van der Waals surface area contributed by atoms with E-state index in [1.807, 2.05) is 27.1 Å². The van der Waals surface area contributed by atoms with E-state index in [1.54, 1.807) is 34.8 Å². The molecule has 0 bridgehead atoms. The van der Waals surface area contributed by atoms with Crippen molar-refractivity contribution in [2.24, 2.45) is 7.05 Å². The van der Waals surface area contributed by atoms with E-state index in [0.717, 1.165) is 5.56 Å². The molecule has 0 radical (unpaired) electrons. The highest BCUT2D eigenvalue weighted by atomic mass is 32.2. The molecule has 2 rings (SSSR count). The van der Waals surface area contributed by atoms with Gasteiger partial charge in [-0.05, 0) is 32.0 Å². The number of rotatable bonds is 7. The lowest BCUT2D eigenvalue weighted by molar-refractivity contribution is 0.0690. The molecule has 7 nitrogen and oxygen atoms in total. The molecule has 0 fully saturated rings. The van der Waals surface area contributed by atoms with Crippen LogP contribution in [0.1, 0.15) is 36.7 Å². The second kappa shape index (κ2) is 7.79. The van der Waals surface area contributed by atoms with Crippen molar-refractivity contribution in [1.82, 2.24) is 19.4 Å². The SMILES string of the molecule is CCNS(=O)(=O)c1cccc(C(=O)N(Cc2cnn(C)c2)C(C)C)c1. The minimum atomic E-state index is -3.60. The largest absolute Gasteiger partial charge is 0.332 e. The Kier molecular flexibility index (Phi) is 5.97. The van der Waals surface area contributed by atoms with Crippen molar-refractivity contribution in [3.05, 3.63) is 47.8 Å². The van der Waals surface area contributed by atoms with E-state index in [4.69, 9.17) is 0 Å². The zero-order valence-electron chi connectivity index (χ0n) is 14.9. The summed E-state index contributed by atoms with van der Waals surface area (Å²) in [5.41, 5.74) is 1.26. The van der Waals surface area contributed by atoms with Crippen molar-refractivity contribution in [1.29, 1.82) is 0 Å². The van der Waals surface area contributed by atoms with E-state index in [-0.39, 0.29) is 16.8 Å². The van der Waals surface area contributed by atoms with E-state index in [2.05, 4.69) is 9.82 Å². The molecule has 136 valence electrons. The van der Waals surface area contributed by atoms with Crippen LogP contribution >= 0.6 is 0 Å². The van der Waals surface area contributed by atoms with Crippen molar-refractivity contribution < 1.29 is 13.2 Å². The molecular weight excluding hydrogens is 340 g/mol. The summed E-state index contributed by atoms with van der Waals surface area (Å²) in [6, 6.07) is 6.07. The molecule has 1 heterocycles. The minimum absolute atomic E-state index is 0.0401. The summed E-state index contributed by atoms with van der Waals surface area (Å²) in [4.78, 5) is 14.7. The number of sulfonamides is 1. The molecule has 0 unspecified atom stereocenters. The third-order valence-electron chi connectivity index (χ3n) is 3.72. The van der Waals surface area contributed by atoms with Gasteiger partial charge in [0.25, 0.3) is 5.91 Å². The van der Waals surface area contributed by atoms with E-state index in [9.17, 15) is 13.2 Å². The van der Waals surface area contributed by atoms with Gasteiger partial charge in [-0.2, -0.15) is 5.10 Å². The van der Waals surface area contributed by atoms with Crippen LogP contribution in [-0.2, 0) is 23.6 Å². The number of hydrogen-bond donors (Lipinski definition) is 1. The molecule has 0 atom stereocenters. The van der Waals surface area contributed by atoms with Crippen LogP contribution in [0.3, 0.4) is 0 Å². The summed E-state index contributed by atoms with van der Waals surface area (Å²) in [5.74, 6) is -0.215. The Balaban J connectivity index is 2.30. The topological polar surface area (TPSA) is 84.3 Å². The van der Waals surface area contributed by atoms with E-state index >= 15 is 0 Å². The van der Waals surface area contributed by atoms with Crippen LogP contribution in [0.15, 0.2) is 41.6 Å². The third-order valence-corrected chi connectivity index (χ3v) is 5.26. The Morgan fingerprint density at radius 2 is 2.08 bits per heavy atom. The van der Waals surface area contributed by atoms with E-state index in [0.29, 0.717) is 18.7 Å². The second-order valence-corrected chi connectivity index (χ2v) is 7.85. The van der Waals surface area contributed by atoms with Crippen LogP contribution < -0.4 is 4.72 Å². The number of carbonyl (C=O) groups excluding carboxylic acids is 1. The molecule has 8 heteroatoms. The van der Waals surface area contributed by atoms with Gasteiger partial charge in [0.1, 0.15) is 0 Å². The Morgan fingerprint density at radius 3 is 2.64 bits per heavy atom. The first kappa shape index (κ1) is 19.1. The molecule has 0 aliphatic heterocycles. The first-order valence-corrected chi connectivity index (χ1v) is 9.61. The van der Waals surface area contributed by atoms with Crippen molar-refractivity contribution in [2.45, 2.75) is 38.3 Å². The molecule has 1 aromatic heterocycles. The lowest BCUT2D eigenvalue weighted by atomic mass is 10.1. The number of carbonyl (C=O) groups is 1. The molecule has 1 N–H and O–H groups in total. The molecule has 0 aliphatic rings. The van der Waals surface area contributed by atoms with Gasteiger partial charge in [-0.1, -0.05) is 13.0 Å². The quantitative estimate of drug-likeness (QED) is 0.811.